The number of nitrogens with zero attached hydrogens (tertiary/aromatic N) is 5. The van der Waals surface area contributed by atoms with E-state index < -0.39 is 17.6 Å². The van der Waals surface area contributed by atoms with Crippen molar-refractivity contribution in [3.8, 4) is 16.8 Å². The number of amides is 1. The van der Waals surface area contributed by atoms with E-state index in [4.69, 9.17) is 4.74 Å². The van der Waals surface area contributed by atoms with E-state index >= 15 is 0 Å². The molecule has 2 heterocycles. The molecule has 0 saturated carbocycles. The topological polar surface area (TPSA) is 90.2 Å². The Morgan fingerprint density at radius 3 is 2.52 bits per heavy atom. The molecule has 0 spiro atoms. The van der Waals surface area contributed by atoms with Gasteiger partial charge in [-0.05, 0) is 63.5 Å². The summed E-state index contributed by atoms with van der Waals surface area (Å²) in [7, 11) is 1.24. The molecule has 0 N–H and O–H groups in total. The van der Waals surface area contributed by atoms with Gasteiger partial charge in [0.2, 0.25) is 0 Å². The molecule has 0 bridgehead atoms. The fourth-order valence-electron chi connectivity index (χ4n) is 3.80. The third kappa shape index (κ3) is 3.51. The number of carbonyl (C=O) groups is 2. The number of esters is 1. The maximum Gasteiger partial charge on any atom is 0.339 e. The van der Waals surface area contributed by atoms with Crippen LogP contribution in [0.15, 0.2) is 60.9 Å². The van der Waals surface area contributed by atoms with E-state index in [1.807, 2.05) is 0 Å². The zero-order chi connectivity index (χ0) is 23.1. The van der Waals surface area contributed by atoms with E-state index in [0.717, 1.165) is 17.7 Å². The molecule has 1 aliphatic rings. The van der Waals surface area contributed by atoms with Gasteiger partial charge in [-0.3, -0.25) is 4.79 Å². The number of halogens is 2. The lowest BCUT2D eigenvalue weighted by molar-refractivity contribution is 0.0601. The number of hydrogen-bond donors (Lipinski definition) is 0. The van der Waals surface area contributed by atoms with Gasteiger partial charge >= 0.3 is 5.97 Å². The van der Waals surface area contributed by atoms with Gasteiger partial charge in [-0.15, -0.1) is 5.10 Å². The number of fused-ring (bicyclic) bond motifs is 1. The Kier molecular flexibility index (Phi) is 4.89. The predicted molar refractivity (Wildman–Crippen MR) is 113 cm³/mol. The minimum atomic E-state index is -0.995. The lowest BCUT2D eigenvalue weighted by Crippen LogP contribution is -2.25. The molecular formula is C23H15F2N5O3. The Morgan fingerprint density at radius 1 is 1.00 bits per heavy atom. The van der Waals surface area contributed by atoms with E-state index in [-0.39, 0.29) is 18.0 Å². The average molecular weight is 447 g/mol. The van der Waals surface area contributed by atoms with Crippen LogP contribution in [0, 0.1) is 11.6 Å². The van der Waals surface area contributed by atoms with Crippen LogP contribution >= 0.6 is 0 Å². The Balaban J connectivity index is 1.58. The highest BCUT2D eigenvalue weighted by Crippen LogP contribution is 2.35. The summed E-state index contributed by atoms with van der Waals surface area (Å²) in [5.41, 5.74) is 3.19. The SMILES string of the molecule is COC(=O)c1ccc(-c2ccc(F)c(F)c2)cc1N1Cc2ccc(-n3cnnn3)cc2C1=O. The van der Waals surface area contributed by atoms with Gasteiger partial charge in [0.1, 0.15) is 6.33 Å². The summed E-state index contributed by atoms with van der Waals surface area (Å²) in [4.78, 5) is 27.2. The van der Waals surface area contributed by atoms with Gasteiger partial charge in [-0.25, -0.2) is 18.3 Å². The van der Waals surface area contributed by atoms with Crippen LogP contribution < -0.4 is 4.90 Å². The molecule has 8 nitrogen and oxygen atoms in total. The number of methoxy groups -OCH3 is 1. The molecule has 0 aliphatic carbocycles. The Bertz CT molecular complexity index is 1410. The lowest BCUT2D eigenvalue weighted by Gasteiger charge is -2.20. The van der Waals surface area contributed by atoms with E-state index in [9.17, 15) is 18.4 Å². The molecule has 0 atom stereocenters. The van der Waals surface area contributed by atoms with Crippen molar-refractivity contribution in [1.82, 2.24) is 20.2 Å². The quantitative estimate of drug-likeness (QED) is 0.445. The number of aromatic nitrogens is 4. The van der Waals surface area contributed by atoms with Gasteiger partial charge in [-0.2, -0.15) is 0 Å². The highest BCUT2D eigenvalue weighted by atomic mass is 19.2. The first-order valence-corrected chi connectivity index (χ1v) is 9.82. The Morgan fingerprint density at radius 2 is 1.79 bits per heavy atom. The average Bonchev–Trinajstić information content (AvgIpc) is 3.48. The highest BCUT2D eigenvalue weighted by Gasteiger charge is 2.32. The second kappa shape index (κ2) is 7.90. The predicted octanol–water partition coefficient (Wildman–Crippen LogP) is 3.55. The van der Waals surface area contributed by atoms with Crippen LogP contribution in [0.5, 0.6) is 0 Å². The molecule has 0 saturated heterocycles. The summed E-state index contributed by atoms with van der Waals surface area (Å²) < 4.78 is 33.5. The summed E-state index contributed by atoms with van der Waals surface area (Å²) in [5, 5.41) is 11.0. The number of tetrazole rings is 1. The van der Waals surface area contributed by atoms with E-state index in [0.29, 0.717) is 28.1 Å². The molecule has 4 aromatic rings. The minimum absolute atomic E-state index is 0.172. The molecular weight excluding hydrogens is 432 g/mol. The molecule has 0 unspecified atom stereocenters. The van der Waals surface area contributed by atoms with E-state index in [2.05, 4.69) is 15.5 Å². The van der Waals surface area contributed by atoms with Crippen LogP contribution in [0.4, 0.5) is 14.5 Å². The molecule has 3 aromatic carbocycles. The van der Waals surface area contributed by atoms with E-state index in [1.165, 1.54) is 35.2 Å². The van der Waals surface area contributed by atoms with Crippen molar-refractivity contribution in [1.29, 1.82) is 0 Å². The first-order chi connectivity index (χ1) is 16.0. The number of hydrogen-bond acceptors (Lipinski definition) is 6. The summed E-state index contributed by atoms with van der Waals surface area (Å²) >= 11 is 0. The molecule has 1 aliphatic heterocycles. The fourth-order valence-corrected chi connectivity index (χ4v) is 3.80. The molecule has 1 amide bonds. The maximum absolute atomic E-state index is 13.8. The molecule has 0 fully saturated rings. The van der Waals surface area contributed by atoms with Gasteiger partial charge in [-0.1, -0.05) is 18.2 Å². The van der Waals surface area contributed by atoms with Gasteiger partial charge in [0, 0.05) is 5.56 Å². The van der Waals surface area contributed by atoms with Crippen LogP contribution in [0.2, 0.25) is 0 Å². The third-order valence-electron chi connectivity index (χ3n) is 5.46. The summed E-state index contributed by atoms with van der Waals surface area (Å²) in [5.74, 6) is -2.91. The molecule has 5 rings (SSSR count). The summed E-state index contributed by atoms with van der Waals surface area (Å²) in [6.45, 7) is 0.218. The standard InChI is InChI=1S/C23H15F2N5O3/c1-33-23(32)17-6-3-14(13-4-7-19(24)20(25)8-13)9-21(17)29-11-15-2-5-16(10-18(15)22(29)31)30-12-26-27-28-30/h2-10,12H,11H2,1H3. The summed E-state index contributed by atoms with van der Waals surface area (Å²) in [6, 6.07) is 13.4. The Hall–Kier alpha value is -4.47. The molecule has 10 heteroatoms. The maximum atomic E-state index is 13.8. The zero-order valence-electron chi connectivity index (χ0n) is 17.2. The van der Waals surface area contributed by atoms with Crippen molar-refractivity contribution >= 4 is 17.6 Å². The van der Waals surface area contributed by atoms with Crippen molar-refractivity contribution in [2.24, 2.45) is 0 Å². The second-order valence-electron chi connectivity index (χ2n) is 7.34. The van der Waals surface area contributed by atoms with Gasteiger partial charge in [0.15, 0.2) is 11.6 Å². The van der Waals surface area contributed by atoms with Crippen LogP contribution in [0.25, 0.3) is 16.8 Å². The Labute approximate surface area is 186 Å². The number of benzene rings is 3. The largest absolute Gasteiger partial charge is 0.465 e. The first kappa shape index (κ1) is 20.4. The number of carbonyl (C=O) groups excluding carboxylic acids is 2. The first-order valence-electron chi connectivity index (χ1n) is 9.82. The number of ether oxygens (including phenoxy) is 1. The van der Waals surface area contributed by atoms with Gasteiger partial charge < -0.3 is 9.64 Å². The number of rotatable bonds is 4. The number of anilines is 1. The smallest absolute Gasteiger partial charge is 0.339 e. The molecule has 1 aromatic heterocycles. The molecule has 33 heavy (non-hydrogen) atoms. The van der Waals surface area contributed by atoms with Crippen molar-refractivity contribution < 1.29 is 23.1 Å². The van der Waals surface area contributed by atoms with Gasteiger partial charge in [0.25, 0.3) is 5.91 Å². The third-order valence-corrected chi connectivity index (χ3v) is 5.46. The zero-order valence-corrected chi connectivity index (χ0v) is 17.2. The van der Waals surface area contributed by atoms with Crippen LogP contribution in [0.1, 0.15) is 26.3 Å². The molecule has 0 radical (unpaired) electrons. The normalized spacial score (nSPS) is 12.7. The fraction of sp³-hybridized carbons (Fsp3) is 0.0870. The van der Waals surface area contributed by atoms with Crippen molar-refractivity contribution in [3.63, 3.8) is 0 Å². The molecule has 164 valence electrons. The van der Waals surface area contributed by atoms with Crippen molar-refractivity contribution in [3.05, 3.63) is 89.2 Å². The lowest BCUT2D eigenvalue weighted by atomic mass is 10.0. The highest BCUT2D eigenvalue weighted by molar-refractivity contribution is 6.13. The van der Waals surface area contributed by atoms with Crippen molar-refractivity contribution in [2.45, 2.75) is 6.54 Å². The van der Waals surface area contributed by atoms with Crippen LogP contribution in [0.3, 0.4) is 0 Å². The van der Waals surface area contributed by atoms with E-state index in [1.54, 1.807) is 30.3 Å². The minimum Gasteiger partial charge on any atom is -0.465 e. The second-order valence-corrected chi connectivity index (χ2v) is 7.34. The van der Waals surface area contributed by atoms with Crippen LogP contribution in [-0.4, -0.2) is 39.2 Å². The van der Waals surface area contributed by atoms with Crippen LogP contribution in [-0.2, 0) is 11.3 Å². The van der Waals surface area contributed by atoms with Crippen molar-refractivity contribution in [2.75, 3.05) is 12.0 Å². The summed E-state index contributed by atoms with van der Waals surface area (Å²) in [6.07, 6.45) is 1.42. The van der Waals surface area contributed by atoms with Gasteiger partial charge in [0.05, 0.1) is 30.6 Å². The monoisotopic (exact) mass is 447 g/mol.